The van der Waals surface area contributed by atoms with E-state index in [1.807, 2.05) is 19.1 Å². The molecular formula is C24H22N2O5. The first-order valence-electron chi connectivity index (χ1n) is 9.70. The van der Waals surface area contributed by atoms with E-state index in [-0.39, 0.29) is 35.1 Å². The summed E-state index contributed by atoms with van der Waals surface area (Å²) in [6.45, 7) is 5.32. The summed E-state index contributed by atoms with van der Waals surface area (Å²) in [6.07, 6.45) is 0. The van der Waals surface area contributed by atoms with Crippen molar-refractivity contribution in [2.45, 2.75) is 26.7 Å². The van der Waals surface area contributed by atoms with Crippen molar-refractivity contribution < 1.29 is 23.8 Å². The van der Waals surface area contributed by atoms with Gasteiger partial charge in [0.05, 0.1) is 23.7 Å². The summed E-state index contributed by atoms with van der Waals surface area (Å²) in [4.78, 5) is 25.2. The van der Waals surface area contributed by atoms with Crippen LogP contribution in [-0.2, 0) is 14.3 Å². The van der Waals surface area contributed by atoms with Crippen LogP contribution in [0.3, 0.4) is 0 Å². The second kappa shape index (κ2) is 9.18. The van der Waals surface area contributed by atoms with E-state index in [0.717, 1.165) is 5.56 Å². The average molecular weight is 418 g/mol. The van der Waals surface area contributed by atoms with Gasteiger partial charge in [0.2, 0.25) is 5.88 Å². The number of hydrogen-bond donors (Lipinski definition) is 1. The normalized spacial score (nSPS) is 15.7. The molecular weight excluding hydrogens is 396 g/mol. The fourth-order valence-electron chi connectivity index (χ4n) is 3.38. The van der Waals surface area contributed by atoms with Crippen LogP contribution in [0.5, 0.6) is 5.75 Å². The van der Waals surface area contributed by atoms with E-state index in [4.69, 9.17) is 19.9 Å². The molecule has 1 aliphatic rings. The maximum atomic E-state index is 12.6. The number of carbonyl (C=O) groups is 2. The molecule has 158 valence electrons. The number of aryl methyl sites for hydroxylation is 1. The SMILES string of the molecule is CCOC(=O)C1=C(C)OC(N)=C(C#N)C1c1cccc(OC(=O)c2cccc(C)c2)c1. The van der Waals surface area contributed by atoms with E-state index in [1.165, 1.54) is 0 Å². The van der Waals surface area contributed by atoms with Crippen molar-refractivity contribution in [2.75, 3.05) is 6.61 Å². The highest BCUT2D eigenvalue weighted by Gasteiger charge is 2.36. The number of nitriles is 1. The molecule has 2 aromatic rings. The fourth-order valence-corrected chi connectivity index (χ4v) is 3.38. The van der Waals surface area contributed by atoms with Gasteiger partial charge in [0, 0.05) is 0 Å². The Balaban J connectivity index is 1.99. The molecule has 3 rings (SSSR count). The van der Waals surface area contributed by atoms with Crippen LogP contribution in [0.2, 0.25) is 0 Å². The van der Waals surface area contributed by atoms with E-state index in [0.29, 0.717) is 11.1 Å². The zero-order chi connectivity index (χ0) is 22.5. The highest BCUT2D eigenvalue weighted by atomic mass is 16.5. The molecule has 0 radical (unpaired) electrons. The van der Waals surface area contributed by atoms with Crippen LogP contribution in [0.4, 0.5) is 0 Å². The Kier molecular flexibility index (Phi) is 6.41. The maximum absolute atomic E-state index is 12.6. The Labute approximate surface area is 180 Å². The van der Waals surface area contributed by atoms with Crippen LogP contribution < -0.4 is 10.5 Å². The van der Waals surface area contributed by atoms with Crippen molar-refractivity contribution in [1.82, 2.24) is 0 Å². The molecule has 0 aliphatic carbocycles. The van der Waals surface area contributed by atoms with Crippen molar-refractivity contribution >= 4 is 11.9 Å². The summed E-state index contributed by atoms with van der Waals surface area (Å²) in [5, 5.41) is 9.67. The Morgan fingerprint density at radius 2 is 1.87 bits per heavy atom. The monoisotopic (exact) mass is 418 g/mol. The second-order valence-electron chi connectivity index (χ2n) is 6.95. The molecule has 1 unspecified atom stereocenters. The van der Waals surface area contributed by atoms with Crippen LogP contribution >= 0.6 is 0 Å². The molecule has 1 aliphatic heterocycles. The molecule has 7 heteroatoms. The minimum atomic E-state index is -0.810. The summed E-state index contributed by atoms with van der Waals surface area (Å²) < 4.78 is 16.1. The molecule has 2 N–H and O–H groups in total. The molecule has 0 aromatic heterocycles. The minimum absolute atomic E-state index is 0.0795. The van der Waals surface area contributed by atoms with Gasteiger partial charge in [-0.25, -0.2) is 9.59 Å². The molecule has 1 atom stereocenters. The summed E-state index contributed by atoms with van der Waals surface area (Å²) in [5.41, 5.74) is 8.07. The summed E-state index contributed by atoms with van der Waals surface area (Å²) >= 11 is 0. The van der Waals surface area contributed by atoms with Gasteiger partial charge in [-0.2, -0.15) is 5.26 Å². The van der Waals surface area contributed by atoms with E-state index < -0.39 is 17.9 Å². The molecule has 0 spiro atoms. The van der Waals surface area contributed by atoms with Crippen LogP contribution in [0, 0.1) is 18.3 Å². The molecule has 0 saturated carbocycles. The number of esters is 2. The van der Waals surface area contributed by atoms with Crippen molar-refractivity contribution in [1.29, 1.82) is 5.26 Å². The largest absolute Gasteiger partial charge is 0.463 e. The molecule has 0 fully saturated rings. The Morgan fingerprint density at radius 3 is 2.55 bits per heavy atom. The standard InChI is InChI=1S/C24H22N2O5/c1-4-29-24(28)20-15(3)30-22(26)19(13-25)21(20)16-8-6-10-18(12-16)31-23(27)17-9-5-7-14(2)11-17/h5-12,21H,4,26H2,1-3H3. The van der Waals surface area contributed by atoms with E-state index in [1.54, 1.807) is 56.3 Å². The first-order valence-corrected chi connectivity index (χ1v) is 9.70. The lowest BCUT2D eigenvalue weighted by Gasteiger charge is -2.27. The van der Waals surface area contributed by atoms with E-state index in [2.05, 4.69) is 0 Å². The summed E-state index contributed by atoms with van der Waals surface area (Å²) in [7, 11) is 0. The number of rotatable bonds is 5. The van der Waals surface area contributed by atoms with Crippen molar-refractivity contribution in [2.24, 2.45) is 5.73 Å². The molecule has 0 amide bonds. The van der Waals surface area contributed by atoms with Gasteiger partial charge in [-0.05, 0) is 50.6 Å². The Bertz CT molecular complexity index is 1140. The lowest BCUT2D eigenvalue weighted by molar-refractivity contribution is -0.139. The Morgan fingerprint density at radius 1 is 1.13 bits per heavy atom. The van der Waals surface area contributed by atoms with Gasteiger partial charge in [0.1, 0.15) is 23.2 Å². The third-order valence-electron chi connectivity index (χ3n) is 4.76. The Hall–Kier alpha value is -4.05. The smallest absolute Gasteiger partial charge is 0.343 e. The molecule has 31 heavy (non-hydrogen) atoms. The maximum Gasteiger partial charge on any atom is 0.343 e. The number of carbonyl (C=O) groups excluding carboxylic acids is 2. The number of nitrogens with two attached hydrogens (primary N) is 1. The first kappa shape index (κ1) is 21.7. The molecule has 7 nitrogen and oxygen atoms in total. The highest BCUT2D eigenvalue weighted by molar-refractivity contribution is 5.93. The van der Waals surface area contributed by atoms with E-state index >= 15 is 0 Å². The minimum Gasteiger partial charge on any atom is -0.463 e. The lowest BCUT2D eigenvalue weighted by atomic mass is 9.83. The van der Waals surface area contributed by atoms with Crippen molar-refractivity contribution in [3.05, 3.63) is 88.0 Å². The van der Waals surface area contributed by atoms with Gasteiger partial charge >= 0.3 is 11.9 Å². The van der Waals surface area contributed by atoms with Gasteiger partial charge in [-0.15, -0.1) is 0 Å². The summed E-state index contributed by atoms with van der Waals surface area (Å²) in [5.74, 6) is -1.49. The highest BCUT2D eigenvalue weighted by Crippen LogP contribution is 2.40. The third-order valence-corrected chi connectivity index (χ3v) is 4.76. The summed E-state index contributed by atoms with van der Waals surface area (Å²) in [6, 6.07) is 15.7. The second-order valence-corrected chi connectivity index (χ2v) is 6.95. The van der Waals surface area contributed by atoms with Gasteiger partial charge < -0.3 is 19.9 Å². The van der Waals surface area contributed by atoms with Gasteiger partial charge in [0.15, 0.2) is 0 Å². The third kappa shape index (κ3) is 4.59. The number of benzene rings is 2. The van der Waals surface area contributed by atoms with Gasteiger partial charge in [0.25, 0.3) is 0 Å². The fraction of sp³-hybridized carbons (Fsp3) is 0.208. The molecule has 1 heterocycles. The van der Waals surface area contributed by atoms with Crippen LogP contribution in [-0.4, -0.2) is 18.5 Å². The van der Waals surface area contributed by atoms with Gasteiger partial charge in [-0.1, -0.05) is 29.8 Å². The average Bonchev–Trinajstić information content (AvgIpc) is 2.73. The quantitative estimate of drug-likeness (QED) is 0.580. The van der Waals surface area contributed by atoms with Crippen LogP contribution in [0.15, 0.2) is 71.3 Å². The number of allylic oxidation sites excluding steroid dienone is 2. The van der Waals surface area contributed by atoms with E-state index in [9.17, 15) is 14.9 Å². The van der Waals surface area contributed by atoms with Gasteiger partial charge in [-0.3, -0.25) is 0 Å². The van der Waals surface area contributed by atoms with Crippen molar-refractivity contribution in [3.63, 3.8) is 0 Å². The number of ether oxygens (including phenoxy) is 3. The topological polar surface area (TPSA) is 112 Å². The zero-order valence-electron chi connectivity index (χ0n) is 17.5. The predicted octanol–water partition coefficient (Wildman–Crippen LogP) is 3.86. The molecule has 2 aromatic carbocycles. The van der Waals surface area contributed by atoms with Crippen LogP contribution in [0.25, 0.3) is 0 Å². The lowest BCUT2D eigenvalue weighted by Crippen LogP contribution is -2.25. The predicted molar refractivity (Wildman–Crippen MR) is 113 cm³/mol. The zero-order valence-corrected chi connectivity index (χ0v) is 17.5. The first-order chi connectivity index (χ1) is 14.8. The number of hydrogen-bond acceptors (Lipinski definition) is 7. The molecule has 0 bridgehead atoms. The van der Waals surface area contributed by atoms with Crippen LogP contribution in [0.1, 0.15) is 41.3 Å². The van der Waals surface area contributed by atoms with Crippen molar-refractivity contribution in [3.8, 4) is 11.8 Å². The molecule has 0 saturated heterocycles. The number of nitrogens with zero attached hydrogens (tertiary/aromatic N) is 1.